The lowest BCUT2D eigenvalue weighted by Crippen LogP contribution is -2.40. The second-order valence-corrected chi connectivity index (χ2v) is 8.66. The van der Waals surface area contributed by atoms with Crippen LogP contribution >= 0.6 is 15.9 Å². The summed E-state index contributed by atoms with van der Waals surface area (Å²) in [5, 5.41) is 21.1. The molecule has 0 unspecified atom stereocenters. The number of likely N-dealkylation sites (tertiary alicyclic amines) is 2. The summed E-state index contributed by atoms with van der Waals surface area (Å²) < 4.78 is 0.973. The monoisotopic (exact) mass is 396 g/mol. The second kappa shape index (κ2) is 7.32. The first kappa shape index (κ1) is 18.2. The van der Waals surface area contributed by atoms with Crippen molar-refractivity contribution in [2.75, 3.05) is 26.2 Å². The highest BCUT2D eigenvalue weighted by molar-refractivity contribution is 9.10. The zero-order valence-electron chi connectivity index (χ0n) is 14.8. The average molecular weight is 397 g/mol. The Balaban J connectivity index is 2.06. The van der Waals surface area contributed by atoms with Crippen LogP contribution in [0.5, 0.6) is 5.75 Å². The van der Waals surface area contributed by atoms with Crippen molar-refractivity contribution in [2.45, 2.75) is 57.7 Å². The Kier molecular flexibility index (Phi) is 5.55. The number of halogens is 1. The molecule has 0 aromatic heterocycles. The molecule has 24 heavy (non-hydrogen) atoms. The maximum atomic E-state index is 10.7. The standard InChI is InChI=1S/C19H29BrN2O2/c1-19(2,24)13-14-15(20)7-8-16(23)17(14)18(21-9-3-4-10-21)22-11-5-6-12-22/h7-8,18,23-24H,3-6,9-13H2,1-2H3. The molecule has 1 aromatic rings. The van der Waals surface area contributed by atoms with Crippen LogP contribution in [0.15, 0.2) is 16.6 Å². The number of phenols is 1. The maximum absolute atomic E-state index is 10.7. The molecule has 0 saturated carbocycles. The quantitative estimate of drug-likeness (QED) is 0.796. The van der Waals surface area contributed by atoms with E-state index in [1.165, 1.54) is 25.7 Å². The van der Waals surface area contributed by atoms with E-state index in [4.69, 9.17) is 0 Å². The highest BCUT2D eigenvalue weighted by atomic mass is 79.9. The Labute approximate surface area is 153 Å². The second-order valence-electron chi connectivity index (χ2n) is 7.81. The summed E-state index contributed by atoms with van der Waals surface area (Å²) in [6.45, 7) is 7.97. The largest absolute Gasteiger partial charge is 0.508 e. The van der Waals surface area contributed by atoms with Crippen molar-refractivity contribution in [1.82, 2.24) is 9.80 Å². The van der Waals surface area contributed by atoms with E-state index in [1.54, 1.807) is 6.07 Å². The minimum atomic E-state index is -0.814. The van der Waals surface area contributed by atoms with E-state index in [1.807, 2.05) is 19.9 Å². The van der Waals surface area contributed by atoms with Crippen LogP contribution in [0.25, 0.3) is 0 Å². The Morgan fingerprint density at radius 3 is 2.00 bits per heavy atom. The number of aromatic hydroxyl groups is 1. The molecular formula is C19H29BrN2O2. The fourth-order valence-electron chi connectivity index (χ4n) is 4.09. The number of nitrogens with zero attached hydrogens (tertiary/aromatic N) is 2. The lowest BCUT2D eigenvalue weighted by atomic mass is 9.92. The third kappa shape index (κ3) is 3.96. The van der Waals surface area contributed by atoms with Gasteiger partial charge in [-0.05, 0) is 83.4 Å². The number of aliphatic hydroxyl groups is 1. The Morgan fingerprint density at radius 1 is 1.04 bits per heavy atom. The average Bonchev–Trinajstić information content (AvgIpc) is 3.18. The van der Waals surface area contributed by atoms with Crippen LogP contribution in [0, 0.1) is 0 Å². The fourth-order valence-corrected chi connectivity index (χ4v) is 4.58. The third-order valence-electron chi connectivity index (χ3n) is 5.12. The molecule has 1 aromatic carbocycles. The normalized spacial score (nSPS) is 20.4. The van der Waals surface area contributed by atoms with Gasteiger partial charge in [-0.1, -0.05) is 15.9 Å². The van der Waals surface area contributed by atoms with Crippen molar-refractivity contribution >= 4 is 15.9 Å². The van der Waals surface area contributed by atoms with Crippen LogP contribution in [0.2, 0.25) is 0 Å². The van der Waals surface area contributed by atoms with Crippen molar-refractivity contribution in [3.8, 4) is 5.75 Å². The minimum absolute atomic E-state index is 0.116. The first-order chi connectivity index (χ1) is 11.4. The number of benzene rings is 1. The first-order valence-electron chi connectivity index (χ1n) is 9.07. The number of phenolic OH excluding ortho intramolecular Hbond substituents is 1. The third-order valence-corrected chi connectivity index (χ3v) is 5.86. The number of rotatable bonds is 5. The van der Waals surface area contributed by atoms with Gasteiger partial charge in [0.2, 0.25) is 0 Å². The molecule has 0 amide bonds. The molecule has 2 aliphatic rings. The van der Waals surface area contributed by atoms with Crippen molar-refractivity contribution in [3.63, 3.8) is 0 Å². The molecule has 0 bridgehead atoms. The lowest BCUT2D eigenvalue weighted by Gasteiger charge is -2.38. The SMILES string of the molecule is CC(C)(O)Cc1c(Br)ccc(O)c1C(N1CCCC1)N1CCCC1. The van der Waals surface area contributed by atoms with Crippen LogP contribution in [0.3, 0.4) is 0 Å². The molecule has 4 nitrogen and oxygen atoms in total. The summed E-state index contributed by atoms with van der Waals surface area (Å²) in [5.41, 5.74) is 1.20. The Bertz CT molecular complexity index is 557. The van der Waals surface area contributed by atoms with Crippen LogP contribution in [-0.2, 0) is 6.42 Å². The van der Waals surface area contributed by atoms with Crippen molar-refractivity contribution < 1.29 is 10.2 Å². The summed E-state index contributed by atoms with van der Waals surface area (Å²) in [6.07, 6.45) is 5.53. The van der Waals surface area contributed by atoms with Crippen molar-refractivity contribution in [1.29, 1.82) is 0 Å². The molecule has 2 aliphatic heterocycles. The van der Waals surface area contributed by atoms with Gasteiger partial charge in [-0.25, -0.2) is 0 Å². The summed E-state index contributed by atoms with van der Waals surface area (Å²) in [4.78, 5) is 5.00. The van der Waals surface area contributed by atoms with Crippen molar-refractivity contribution in [3.05, 3.63) is 27.7 Å². The van der Waals surface area contributed by atoms with Gasteiger partial charge >= 0.3 is 0 Å². The van der Waals surface area contributed by atoms with E-state index in [0.717, 1.165) is 41.8 Å². The molecule has 0 spiro atoms. The van der Waals surface area contributed by atoms with E-state index in [-0.39, 0.29) is 6.17 Å². The summed E-state index contributed by atoms with van der Waals surface area (Å²) in [7, 11) is 0. The van der Waals surface area contributed by atoms with Crippen LogP contribution in [-0.4, -0.2) is 51.8 Å². The van der Waals surface area contributed by atoms with E-state index in [2.05, 4.69) is 25.7 Å². The Hall–Kier alpha value is -0.620. The Morgan fingerprint density at radius 2 is 1.54 bits per heavy atom. The first-order valence-corrected chi connectivity index (χ1v) is 9.87. The number of hydrogen-bond donors (Lipinski definition) is 2. The van der Waals surface area contributed by atoms with Gasteiger partial charge in [-0.2, -0.15) is 0 Å². The topological polar surface area (TPSA) is 46.9 Å². The van der Waals surface area contributed by atoms with Crippen LogP contribution in [0.1, 0.15) is 56.8 Å². The number of hydrogen-bond acceptors (Lipinski definition) is 4. The van der Waals surface area contributed by atoms with Gasteiger partial charge in [-0.15, -0.1) is 0 Å². The predicted octanol–water partition coefficient (Wildman–Crippen LogP) is 3.66. The summed E-state index contributed by atoms with van der Waals surface area (Å²) in [5.74, 6) is 0.348. The lowest BCUT2D eigenvalue weighted by molar-refractivity contribution is 0.0676. The van der Waals surface area contributed by atoms with Gasteiger partial charge in [0.15, 0.2) is 0 Å². The molecule has 2 N–H and O–H groups in total. The van der Waals surface area contributed by atoms with E-state index in [9.17, 15) is 10.2 Å². The van der Waals surface area contributed by atoms with Crippen LogP contribution in [0.4, 0.5) is 0 Å². The van der Waals surface area contributed by atoms with Gasteiger partial charge in [0.25, 0.3) is 0 Å². The highest BCUT2D eigenvalue weighted by Crippen LogP contribution is 2.41. The van der Waals surface area contributed by atoms with E-state index in [0.29, 0.717) is 12.2 Å². The van der Waals surface area contributed by atoms with Gasteiger partial charge in [-0.3, -0.25) is 9.80 Å². The summed E-state index contributed by atoms with van der Waals surface area (Å²) in [6, 6.07) is 3.68. The molecule has 2 heterocycles. The molecule has 134 valence electrons. The fraction of sp³-hybridized carbons (Fsp3) is 0.684. The highest BCUT2D eigenvalue weighted by Gasteiger charge is 2.35. The predicted molar refractivity (Wildman–Crippen MR) is 100 cm³/mol. The smallest absolute Gasteiger partial charge is 0.122 e. The molecule has 2 saturated heterocycles. The molecular weight excluding hydrogens is 368 g/mol. The molecule has 0 radical (unpaired) electrons. The maximum Gasteiger partial charge on any atom is 0.122 e. The molecule has 0 aliphatic carbocycles. The van der Waals surface area contributed by atoms with Gasteiger partial charge < -0.3 is 10.2 Å². The van der Waals surface area contributed by atoms with E-state index >= 15 is 0 Å². The minimum Gasteiger partial charge on any atom is -0.508 e. The van der Waals surface area contributed by atoms with Crippen LogP contribution < -0.4 is 0 Å². The van der Waals surface area contributed by atoms with E-state index < -0.39 is 5.60 Å². The van der Waals surface area contributed by atoms with Gasteiger partial charge in [0, 0.05) is 16.5 Å². The molecule has 5 heteroatoms. The van der Waals surface area contributed by atoms with Gasteiger partial charge in [0.05, 0.1) is 11.8 Å². The zero-order chi connectivity index (χ0) is 17.3. The molecule has 3 rings (SSSR count). The zero-order valence-corrected chi connectivity index (χ0v) is 16.3. The summed E-state index contributed by atoms with van der Waals surface area (Å²) >= 11 is 3.66. The van der Waals surface area contributed by atoms with Crippen molar-refractivity contribution in [2.24, 2.45) is 0 Å². The van der Waals surface area contributed by atoms with Gasteiger partial charge in [0.1, 0.15) is 5.75 Å². The molecule has 2 fully saturated rings. The molecule has 0 atom stereocenters.